The molecule has 0 aliphatic carbocycles. The highest BCUT2D eigenvalue weighted by atomic mass is 35.5. The Balaban J connectivity index is 0. The van der Waals surface area contributed by atoms with Gasteiger partial charge >= 0.3 is 0 Å². The highest BCUT2D eigenvalue weighted by molar-refractivity contribution is 7.99. The van der Waals surface area contributed by atoms with Crippen molar-refractivity contribution in [3.8, 4) is 0 Å². The average molecular weight is 534 g/mol. The summed E-state index contributed by atoms with van der Waals surface area (Å²) in [5.41, 5.74) is -0.0408. The van der Waals surface area contributed by atoms with E-state index in [0.717, 1.165) is 23.9 Å². The maximum absolute atomic E-state index is 11.5. The summed E-state index contributed by atoms with van der Waals surface area (Å²) in [4.78, 5) is 13.7. The van der Waals surface area contributed by atoms with Gasteiger partial charge in [-0.15, -0.1) is 49.0 Å². The zero-order chi connectivity index (χ0) is 20.7. The predicted octanol–water partition coefficient (Wildman–Crippen LogP) is 4.03. The van der Waals surface area contributed by atoms with Gasteiger partial charge in [0.15, 0.2) is 0 Å². The van der Waals surface area contributed by atoms with E-state index >= 15 is 0 Å². The van der Waals surface area contributed by atoms with Gasteiger partial charge in [0, 0.05) is 22.8 Å². The van der Waals surface area contributed by atoms with E-state index in [9.17, 15) is 18.5 Å². The zero-order valence-corrected chi connectivity index (χ0v) is 21.0. The van der Waals surface area contributed by atoms with Crippen LogP contribution in [-0.2, 0) is 10.0 Å². The van der Waals surface area contributed by atoms with Gasteiger partial charge in [-0.1, -0.05) is 18.2 Å². The van der Waals surface area contributed by atoms with Crippen molar-refractivity contribution in [2.24, 2.45) is 5.14 Å². The molecule has 0 saturated heterocycles. The minimum atomic E-state index is -4.01. The van der Waals surface area contributed by atoms with Gasteiger partial charge in [-0.3, -0.25) is 10.1 Å². The lowest BCUT2D eigenvalue weighted by atomic mass is 10.2. The van der Waals surface area contributed by atoms with Crippen molar-refractivity contribution in [1.29, 1.82) is 0 Å². The van der Waals surface area contributed by atoms with Gasteiger partial charge in [-0.2, -0.15) is 0 Å². The van der Waals surface area contributed by atoms with Gasteiger partial charge in [0.05, 0.1) is 9.82 Å². The van der Waals surface area contributed by atoms with Gasteiger partial charge < -0.3 is 10.2 Å². The molecule has 0 aliphatic rings. The second-order valence-electron chi connectivity index (χ2n) is 6.54. The van der Waals surface area contributed by atoms with Crippen LogP contribution in [0.15, 0.2) is 58.3 Å². The van der Waals surface area contributed by atoms with Crippen LogP contribution >= 0.6 is 49.0 Å². The molecule has 1 atom stereocenters. The first-order valence-electron chi connectivity index (χ1n) is 8.57. The van der Waals surface area contributed by atoms with Crippen molar-refractivity contribution in [1.82, 2.24) is 4.90 Å². The maximum atomic E-state index is 11.5. The molecule has 2 rings (SSSR count). The topological polar surface area (TPSA) is 119 Å². The predicted molar refractivity (Wildman–Crippen MR) is 134 cm³/mol. The molecule has 13 heteroatoms. The third-order valence-corrected chi connectivity index (χ3v) is 6.06. The Morgan fingerprint density at radius 3 is 2.26 bits per heavy atom. The summed E-state index contributed by atoms with van der Waals surface area (Å²) < 4.78 is 23.0. The fraction of sp³-hybridized carbons (Fsp3) is 0.333. The second kappa shape index (κ2) is 14.7. The molecule has 8 nitrogen and oxygen atoms in total. The summed E-state index contributed by atoms with van der Waals surface area (Å²) in [6.45, 7) is 0.802. The van der Waals surface area contributed by atoms with Crippen LogP contribution in [0.1, 0.15) is 6.42 Å². The number of sulfonamides is 1. The number of benzene rings is 2. The number of nitro groups is 1. The first kappa shape index (κ1) is 31.9. The minimum absolute atomic E-state index is 0. The van der Waals surface area contributed by atoms with E-state index in [-0.39, 0.29) is 59.5 Å². The SMILES string of the molecule is CN(C)CC[C@H](CSc1ccccc1)Nc1ccc(S(N)(=O)=O)cc1[N+](=O)[O-].Cl.Cl.Cl. The summed E-state index contributed by atoms with van der Waals surface area (Å²) in [6, 6.07) is 13.5. The van der Waals surface area contributed by atoms with Crippen molar-refractivity contribution >= 4 is 70.4 Å². The van der Waals surface area contributed by atoms with E-state index in [1.54, 1.807) is 11.8 Å². The number of halogens is 3. The lowest BCUT2D eigenvalue weighted by Crippen LogP contribution is -2.28. The van der Waals surface area contributed by atoms with Crippen molar-refractivity contribution in [3.05, 3.63) is 58.6 Å². The summed E-state index contributed by atoms with van der Waals surface area (Å²) >= 11 is 1.65. The monoisotopic (exact) mass is 532 g/mol. The molecule has 0 aromatic heterocycles. The third-order valence-electron chi connectivity index (χ3n) is 3.97. The molecule has 0 amide bonds. The summed E-state index contributed by atoms with van der Waals surface area (Å²) in [7, 11) is -0.0887. The number of hydrogen-bond acceptors (Lipinski definition) is 7. The third kappa shape index (κ3) is 10.7. The molecular formula is C18H27Cl3N4O4S2. The van der Waals surface area contributed by atoms with E-state index in [1.807, 2.05) is 49.3 Å². The molecule has 2 aromatic carbocycles. The Morgan fingerprint density at radius 2 is 1.74 bits per heavy atom. The van der Waals surface area contributed by atoms with Gasteiger partial charge in [0.1, 0.15) is 5.69 Å². The van der Waals surface area contributed by atoms with E-state index in [0.29, 0.717) is 5.75 Å². The number of hydrogen-bond donors (Lipinski definition) is 2. The summed E-state index contributed by atoms with van der Waals surface area (Å²) in [5.74, 6) is 0.700. The number of nitrogens with one attached hydrogen (secondary N) is 1. The van der Waals surface area contributed by atoms with Crippen LogP contribution in [-0.4, -0.2) is 50.7 Å². The van der Waals surface area contributed by atoms with E-state index in [4.69, 9.17) is 5.14 Å². The normalized spacial score (nSPS) is 11.5. The van der Waals surface area contributed by atoms with Crippen molar-refractivity contribution in [3.63, 3.8) is 0 Å². The number of nitrogens with zero attached hydrogens (tertiary/aromatic N) is 2. The fourth-order valence-electron chi connectivity index (χ4n) is 2.51. The lowest BCUT2D eigenvalue weighted by Gasteiger charge is -2.21. The van der Waals surface area contributed by atoms with E-state index in [1.165, 1.54) is 12.1 Å². The molecule has 0 radical (unpaired) electrons. The molecule has 0 spiro atoms. The van der Waals surface area contributed by atoms with Gasteiger partial charge in [0.2, 0.25) is 10.0 Å². The zero-order valence-electron chi connectivity index (χ0n) is 17.0. The Bertz CT molecular complexity index is 919. The molecule has 0 bridgehead atoms. The number of primary sulfonamides is 1. The molecule has 176 valence electrons. The largest absolute Gasteiger partial charge is 0.376 e. The fourth-order valence-corrected chi connectivity index (χ4v) is 4.03. The molecule has 0 aliphatic heterocycles. The first-order valence-corrected chi connectivity index (χ1v) is 11.1. The van der Waals surface area contributed by atoms with Crippen molar-refractivity contribution in [2.45, 2.75) is 22.3 Å². The number of nitrogens with two attached hydrogens (primary N) is 1. The summed E-state index contributed by atoms with van der Waals surface area (Å²) in [6.07, 6.45) is 0.765. The Labute approximate surface area is 205 Å². The first-order chi connectivity index (χ1) is 13.2. The Kier molecular flexibility index (Phi) is 15.2. The molecule has 3 N–H and O–H groups in total. The molecule has 0 unspecified atom stereocenters. The van der Waals surface area contributed by atoms with Crippen LogP contribution in [0.4, 0.5) is 11.4 Å². The number of anilines is 1. The standard InChI is InChI=1S/C18H24N4O4S2.3ClH/c1-21(2)11-10-14(13-27-15-6-4-3-5-7-15)20-17-9-8-16(28(19,25)26)12-18(17)22(23)24;;;/h3-9,12,14,20H,10-11,13H2,1-2H3,(H2,19,25,26);3*1H/t14-;;;/m1.../s1. The maximum Gasteiger partial charge on any atom is 0.293 e. The Hall–Kier alpha value is -1.27. The van der Waals surface area contributed by atoms with E-state index in [2.05, 4.69) is 5.32 Å². The van der Waals surface area contributed by atoms with Crippen molar-refractivity contribution in [2.75, 3.05) is 31.7 Å². The van der Waals surface area contributed by atoms with Crippen LogP contribution in [0.25, 0.3) is 0 Å². The lowest BCUT2D eigenvalue weighted by molar-refractivity contribution is -0.384. The molecule has 0 heterocycles. The van der Waals surface area contributed by atoms with Gasteiger partial charge in [0.25, 0.3) is 5.69 Å². The highest BCUT2D eigenvalue weighted by Gasteiger charge is 2.21. The number of nitro benzene ring substituents is 1. The van der Waals surface area contributed by atoms with E-state index < -0.39 is 14.9 Å². The van der Waals surface area contributed by atoms with Crippen LogP contribution in [0.3, 0.4) is 0 Å². The van der Waals surface area contributed by atoms with Crippen molar-refractivity contribution < 1.29 is 13.3 Å². The average Bonchev–Trinajstić information content (AvgIpc) is 2.63. The quantitative estimate of drug-likeness (QED) is 0.269. The second-order valence-corrected chi connectivity index (χ2v) is 9.19. The van der Waals surface area contributed by atoms with Gasteiger partial charge in [-0.25, -0.2) is 13.6 Å². The van der Waals surface area contributed by atoms with Crippen LogP contribution < -0.4 is 10.5 Å². The smallest absolute Gasteiger partial charge is 0.293 e. The summed E-state index contributed by atoms with van der Waals surface area (Å²) in [5, 5.41) is 19.7. The highest BCUT2D eigenvalue weighted by Crippen LogP contribution is 2.29. The molecule has 31 heavy (non-hydrogen) atoms. The van der Waals surface area contributed by atoms with Gasteiger partial charge in [-0.05, 0) is 51.3 Å². The van der Waals surface area contributed by atoms with Crippen LogP contribution in [0.2, 0.25) is 0 Å². The minimum Gasteiger partial charge on any atom is -0.376 e. The van der Waals surface area contributed by atoms with Crippen LogP contribution in [0.5, 0.6) is 0 Å². The molecule has 2 aromatic rings. The molecule has 0 fully saturated rings. The number of thioether (sulfide) groups is 1. The molecular weight excluding hydrogens is 507 g/mol. The number of rotatable bonds is 10. The van der Waals surface area contributed by atoms with Crippen LogP contribution in [0, 0.1) is 10.1 Å². The Morgan fingerprint density at radius 1 is 1.13 bits per heavy atom. The molecule has 0 saturated carbocycles.